The first-order valence-corrected chi connectivity index (χ1v) is 11.3. The fraction of sp³-hybridized carbons (Fsp3) is 0.385. The Labute approximate surface area is 184 Å². The summed E-state index contributed by atoms with van der Waals surface area (Å²) in [5, 5.41) is 4.15. The van der Waals surface area contributed by atoms with Crippen LogP contribution in [-0.4, -0.2) is 35.5 Å². The van der Waals surface area contributed by atoms with E-state index in [1.807, 2.05) is 37.4 Å². The van der Waals surface area contributed by atoms with Gasteiger partial charge in [-0.1, -0.05) is 19.4 Å². The lowest BCUT2D eigenvalue weighted by atomic mass is 10.1. The van der Waals surface area contributed by atoms with E-state index >= 15 is 0 Å². The van der Waals surface area contributed by atoms with Crippen LogP contribution in [-0.2, 0) is 6.54 Å². The van der Waals surface area contributed by atoms with E-state index in [4.69, 9.17) is 9.72 Å². The zero-order valence-corrected chi connectivity index (χ0v) is 18.5. The highest BCUT2D eigenvalue weighted by molar-refractivity contribution is 6.06. The molecule has 1 aromatic heterocycles. The van der Waals surface area contributed by atoms with Gasteiger partial charge in [0, 0.05) is 29.4 Å². The third kappa shape index (κ3) is 5.23. The van der Waals surface area contributed by atoms with Crippen molar-refractivity contribution in [3.8, 4) is 5.75 Å². The number of amides is 1. The number of hydrogen-bond donors (Lipinski definition) is 1. The van der Waals surface area contributed by atoms with Crippen LogP contribution >= 0.6 is 0 Å². The molecule has 1 fully saturated rings. The summed E-state index contributed by atoms with van der Waals surface area (Å²) < 4.78 is 5.68. The Morgan fingerprint density at radius 2 is 1.90 bits per heavy atom. The number of aryl methyl sites for hydroxylation is 1. The highest BCUT2D eigenvalue weighted by Gasteiger charge is 2.14. The number of fused-ring (bicyclic) bond motifs is 1. The highest BCUT2D eigenvalue weighted by Crippen LogP contribution is 2.26. The molecule has 5 nitrogen and oxygen atoms in total. The molecule has 0 atom stereocenters. The van der Waals surface area contributed by atoms with Crippen LogP contribution in [0.5, 0.6) is 5.75 Å². The van der Waals surface area contributed by atoms with Crippen LogP contribution in [0, 0.1) is 6.92 Å². The Kier molecular flexibility index (Phi) is 6.82. The van der Waals surface area contributed by atoms with E-state index in [0.29, 0.717) is 12.2 Å². The molecule has 0 spiro atoms. The van der Waals surface area contributed by atoms with Crippen molar-refractivity contribution in [3.63, 3.8) is 0 Å². The van der Waals surface area contributed by atoms with Gasteiger partial charge < -0.3 is 10.1 Å². The largest absolute Gasteiger partial charge is 0.494 e. The van der Waals surface area contributed by atoms with E-state index in [9.17, 15) is 4.79 Å². The van der Waals surface area contributed by atoms with Gasteiger partial charge in [0.05, 0.1) is 12.1 Å². The first-order valence-electron chi connectivity index (χ1n) is 11.3. The molecular weight excluding hydrogens is 386 g/mol. The summed E-state index contributed by atoms with van der Waals surface area (Å²) >= 11 is 0. The topological polar surface area (TPSA) is 54.5 Å². The van der Waals surface area contributed by atoms with Crippen LogP contribution in [0.3, 0.4) is 0 Å². The maximum atomic E-state index is 12.7. The number of unbranched alkanes of at least 4 members (excludes halogenated alkanes) is 1. The quantitative estimate of drug-likeness (QED) is 0.487. The maximum Gasteiger partial charge on any atom is 0.255 e. The minimum Gasteiger partial charge on any atom is -0.494 e. The molecule has 31 heavy (non-hydrogen) atoms. The molecule has 0 bridgehead atoms. The van der Waals surface area contributed by atoms with Crippen LogP contribution in [0.2, 0.25) is 0 Å². The van der Waals surface area contributed by atoms with Crippen molar-refractivity contribution in [1.29, 1.82) is 0 Å². The number of nitrogens with one attached hydrogen (secondary N) is 1. The van der Waals surface area contributed by atoms with Gasteiger partial charge in [0.15, 0.2) is 0 Å². The first kappa shape index (κ1) is 21.3. The number of likely N-dealkylation sites (tertiary alicyclic amines) is 1. The molecule has 1 aliphatic rings. The number of pyridine rings is 1. The number of carbonyl (C=O) groups is 1. The number of aromatic nitrogens is 1. The van der Waals surface area contributed by atoms with Gasteiger partial charge in [0.1, 0.15) is 5.75 Å². The van der Waals surface area contributed by atoms with E-state index in [0.717, 1.165) is 47.3 Å². The summed E-state index contributed by atoms with van der Waals surface area (Å²) in [4.78, 5) is 19.9. The number of hydrogen-bond acceptors (Lipinski definition) is 4. The van der Waals surface area contributed by atoms with Crippen molar-refractivity contribution in [2.75, 3.05) is 25.0 Å². The van der Waals surface area contributed by atoms with Crippen molar-refractivity contribution in [2.24, 2.45) is 0 Å². The fourth-order valence-corrected chi connectivity index (χ4v) is 4.05. The van der Waals surface area contributed by atoms with E-state index in [2.05, 4.69) is 23.2 Å². The standard InChI is InChI=1S/C26H31N3O2/c1-3-4-15-31-23-10-7-21(8-11-23)26(30)28-24-12-9-22-16-20(17-27-25(22)19(24)2)18-29-13-5-6-14-29/h7-12,16-17H,3-6,13-15,18H2,1-2H3,(H,28,30). The fourth-order valence-electron chi connectivity index (χ4n) is 4.05. The van der Waals surface area contributed by atoms with Crippen LogP contribution in [0.25, 0.3) is 10.9 Å². The molecule has 0 unspecified atom stereocenters. The lowest BCUT2D eigenvalue weighted by molar-refractivity contribution is 0.102. The van der Waals surface area contributed by atoms with Crippen LogP contribution in [0.15, 0.2) is 48.7 Å². The molecular formula is C26H31N3O2. The molecule has 1 N–H and O–H groups in total. The van der Waals surface area contributed by atoms with Gasteiger partial charge in [-0.25, -0.2) is 0 Å². The number of anilines is 1. The average molecular weight is 418 g/mol. The van der Waals surface area contributed by atoms with Crippen molar-refractivity contribution in [1.82, 2.24) is 9.88 Å². The molecule has 0 aliphatic carbocycles. The van der Waals surface area contributed by atoms with Crippen molar-refractivity contribution in [3.05, 3.63) is 65.4 Å². The van der Waals surface area contributed by atoms with Crippen molar-refractivity contribution < 1.29 is 9.53 Å². The van der Waals surface area contributed by atoms with Gasteiger partial charge >= 0.3 is 0 Å². The zero-order chi connectivity index (χ0) is 21.6. The van der Waals surface area contributed by atoms with E-state index in [-0.39, 0.29) is 5.91 Å². The summed E-state index contributed by atoms with van der Waals surface area (Å²) in [6.07, 6.45) is 6.67. The lowest BCUT2D eigenvalue weighted by Crippen LogP contribution is -2.18. The summed E-state index contributed by atoms with van der Waals surface area (Å²) in [6.45, 7) is 8.15. The summed E-state index contributed by atoms with van der Waals surface area (Å²) in [7, 11) is 0. The van der Waals surface area contributed by atoms with Crippen LogP contribution < -0.4 is 10.1 Å². The predicted molar refractivity (Wildman–Crippen MR) is 126 cm³/mol. The highest BCUT2D eigenvalue weighted by atomic mass is 16.5. The van der Waals surface area contributed by atoms with Crippen LogP contribution in [0.4, 0.5) is 5.69 Å². The van der Waals surface area contributed by atoms with Crippen LogP contribution in [0.1, 0.15) is 54.1 Å². The van der Waals surface area contributed by atoms with E-state index in [1.165, 1.54) is 31.5 Å². The maximum absolute atomic E-state index is 12.7. The summed E-state index contributed by atoms with van der Waals surface area (Å²) in [6, 6.07) is 13.5. The Hall–Kier alpha value is -2.92. The SMILES string of the molecule is CCCCOc1ccc(C(=O)Nc2ccc3cc(CN4CCCC4)cnc3c2C)cc1. The van der Waals surface area contributed by atoms with Gasteiger partial charge in [-0.2, -0.15) is 0 Å². The third-order valence-electron chi connectivity index (χ3n) is 5.90. The second kappa shape index (κ2) is 9.92. The van der Waals surface area contributed by atoms with Gasteiger partial charge in [0.25, 0.3) is 5.91 Å². The molecule has 162 valence electrons. The Balaban J connectivity index is 1.45. The van der Waals surface area contributed by atoms with Gasteiger partial charge in [0.2, 0.25) is 0 Å². The number of nitrogens with zero attached hydrogens (tertiary/aromatic N) is 2. The average Bonchev–Trinajstić information content (AvgIpc) is 3.29. The summed E-state index contributed by atoms with van der Waals surface area (Å²) in [5.74, 6) is 0.661. The minimum atomic E-state index is -0.131. The van der Waals surface area contributed by atoms with E-state index in [1.54, 1.807) is 12.1 Å². The molecule has 1 aliphatic heterocycles. The number of carbonyl (C=O) groups excluding carboxylic acids is 1. The Bertz CT molecular complexity index is 1040. The smallest absolute Gasteiger partial charge is 0.255 e. The molecule has 0 radical (unpaired) electrons. The molecule has 1 saturated heterocycles. The molecule has 0 saturated carbocycles. The molecule has 3 aromatic rings. The molecule has 5 heteroatoms. The van der Waals surface area contributed by atoms with E-state index < -0.39 is 0 Å². The molecule has 1 amide bonds. The Morgan fingerprint density at radius 3 is 2.65 bits per heavy atom. The van der Waals surface area contributed by atoms with Gasteiger partial charge in [-0.05, 0) is 86.8 Å². The monoisotopic (exact) mass is 417 g/mol. The normalized spacial score (nSPS) is 14.1. The zero-order valence-electron chi connectivity index (χ0n) is 18.5. The number of ether oxygens (including phenoxy) is 1. The predicted octanol–water partition coefficient (Wildman–Crippen LogP) is 5.57. The van der Waals surface area contributed by atoms with Gasteiger partial charge in [-0.3, -0.25) is 14.7 Å². The van der Waals surface area contributed by atoms with Crippen molar-refractivity contribution >= 4 is 22.5 Å². The molecule has 4 rings (SSSR count). The third-order valence-corrected chi connectivity index (χ3v) is 5.90. The number of rotatable bonds is 8. The second-order valence-electron chi connectivity index (χ2n) is 8.32. The Morgan fingerprint density at radius 1 is 1.13 bits per heavy atom. The summed E-state index contributed by atoms with van der Waals surface area (Å²) in [5.41, 5.74) is 4.56. The second-order valence-corrected chi connectivity index (χ2v) is 8.32. The molecule has 2 heterocycles. The minimum absolute atomic E-state index is 0.131. The van der Waals surface area contributed by atoms with Crippen molar-refractivity contribution in [2.45, 2.75) is 46.1 Å². The lowest BCUT2D eigenvalue weighted by Gasteiger charge is -2.15. The van der Waals surface area contributed by atoms with Gasteiger partial charge in [-0.15, -0.1) is 0 Å². The number of benzene rings is 2. The first-order chi connectivity index (χ1) is 15.1. The molecule has 2 aromatic carbocycles.